The zero-order chi connectivity index (χ0) is 32.9. The number of nitrogens with one attached hydrogen (secondary N) is 1. The molecule has 0 aromatic rings. The van der Waals surface area contributed by atoms with Crippen LogP contribution in [-0.4, -0.2) is 34.9 Å². The molecule has 45 heavy (non-hydrogen) atoms. The molecule has 2 unspecified atom stereocenters. The second-order valence-corrected chi connectivity index (χ2v) is 12.6. The number of rotatable bonds is 33. The number of carbonyl (C=O) groups is 1. The van der Waals surface area contributed by atoms with Crippen LogP contribution in [0.5, 0.6) is 0 Å². The highest BCUT2D eigenvalue weighted by Crippen LogP contribution is 2.14. The second kappa shape index (κ2) is 36.6. The van der Waals surface area contributed by atoms with E-state index in [1.54, 1.807) is 6.08 Å². The van der Waals surface area contributed by atoms with Gasteiger partial charge in [0.15, 0.2) is 0 Å². The van der Waals surface area contributed by atoms with Crippen molar-refractivity contribution in [3.8, 4) is 0 Å². The average molecular weight is 628 g/mol. The fourth-order valence-electron chi connectivity index (χ4n) is 5.34. The van der Waals surface area contributed by atoms with E-state index in [0.717, 1.165) is 70.6 Å². The summed E-state index contributed by atoms with van der Waals surface area (Å²) in [5, 5.41) is 22.9. The van der Waals surface area contributed by atoms with Gasteiger partial charge in [-0.2, -0.15) is 0 Å². The fourth-order valence-corrected chi connectivity index (χ4v) is 5.34. The number of amides is 1. The van der Waals surface area contributed by atoms with Crippen molar-refractivity contribution in [1.82, 2.24) is 5.32 Å². The molecule has 0 radical (unpaired) electrons. The van der Waals surface area contributed by atoms with E-state index in [9.17, 15) is 15.0 Å². The molecule has 0 saturated heterocycles. The van der Waals surface area contributed by atoms with Gasteiger partial charge in [-0.3, -0.25) is 4.79 Å². The highest BCUT2D eigenvalue weighted by Gasteiger charge is 2.17. The first kappa shape index (κ1) is 43.1. The molecule has 0 aliphatic rings. The van der Waals surface area contributed by atoms with Crippen molar-refractivity contribution >= 4 is 5.91 Å². The van der Waals surface area contributed by atoms with E-state index in [0.29, 0.717) is 6.42 Å². The molecule has 0 fully saturated rings. The molecular formula is C41H73NO3. The molecule has 0 aliphatic carbocycles. The van der Waals surface area contributed by atoms with Crippen molar-refractivity contribution in [2.24, 2.45) is 0 Å². The van der Waals surface area contributed by atoms with E-state index in [1.165, 1.54) is 83.5 Å². The van der Waals surface area contributed by atoms with Crippen LogP contribution in [0.2, 0.25) is 0 Å². The van der Waals surface area contributed by atoms with Crippen LogP contribution in [0.4, 0.5) is 0 Å². The number of hydrogen-bond donors (Lipinski definition) is 3. The van der Waals surface area contributed by atoms with Crippen LogP contribution < -0.4 is 5.32 Å². The number of allylic oxidation sites excluding steroid dienone is 9. The molecule has 0 heterocycles. The Kier molecular flexibility index (Phi) is 35.0. The van der Waals surface area contributed by atoms with Crippen LogP contribution in [0, 0.1) is 0 Å². The van der Waals surface area contributed by atoms with Gasteiger partial charge in [-0.15, -0.1) is 0 Å². The summed E-state index contributed by atoms with van der Waals surface area (Å²) in [6.45, 7) is 4.17. The lowest BCUT2D eigenvalue weighted by molar-refractivity contribution is -0.123. The lowest BCUT2D eigenvalue weighted by Gasteiger charge is -2.20. The highest BCUT2D eigenvalue weighted by molar-refractivity contribution is 5.76. The monoisotopic (exact) mass is 628 g/mol. The summed E-state index contributed by atoms with van der Waals surface area (Å²) in [6, 6.07) is -0.636. The zero-order valence-corrected chi connectivity index (χ0v) is 29.6. The molecule has 0 saturated carbocycles. The smallest absolute Gasteiger partial charge is 0.220 e. The van der Waals surface area contributed by atoms with Gasteiger partial charge in [0, 0.05) is 6.42 Å². The summed E-state index contributed by atoms with van der Waals surface area (Å²) in [4.78, 5) is 12.3. The number of hydrogen-bond acceptors (Lipinski definition) is 3. The molecular weight excluding hydrogens is 554 g/mol. The van der Waals surface area contributed by atoms with E-state index in [-0.39, 0.29) is 12.5 Å². The maximum Gasteiger partial charge on any atom is 0.220 e. The van der Waals surface area contributed by atoms with Crippen molar-refractivity contribution in [3.63, 3.8) is 0 Å². The van der Waals surface area contributed by atoms with Gasteiger partial charge in [0.25, 0.3) is 0 Å². The van der Waals surface area contributed by atoms with Crippen molar-refractivity contribution in [3.05, 3.63) is 60.8 Å². The summed E-state index contributed by atoms with van der Waals surface area (Å²) in [5.74, 6) is -0.0903. The van der Waals surface area contributed by atoms with Gasteiger partial charge in [-0.05, 0) is 57.8 Å². The molecule has 0 aromatic carbocycles. The first-order chi connectivity index (χ1) is 22.2. The molecule has 0 bridgehead atoms. The number of carbonyl (C=O) groups excluding carboxylic acids is 1. The normalized spacial score (nSPS) is 13.8. The Morgan fingerprint density at radius 2 is 0.978 bits per heavy atom. The number of aliphatic hydroxyl groups is 2. The summed E-state index contributed by atoms with van der Waals surface area (Å²) in [5.41, 5.74) is 0. The van der Waals surface area contributed by atoms with Crippen LogP contribution in [0.3, 0.4) is 0 Å². The largest absolute Gasteiger partial charge is 0.394 e. The minimum atomic E-state index is -0.850. The van der Waals surface area contributed by atoms with Crippen molar-refractivity contribution in [2.75, 3.05) is 6.61 Å². The maximum atomic E-state index is 12.3. The maximum absolute atomic E-state index is 12.3. The SMILES string of the molecule is CC/C=C\C/C=C\C/C=C\C/C=C\CCCCCCC(=O)NC(CO)C(O)/C=C/CCCCCCCCCCCCCCCC. The first-order valence-electron chi connectivity index (χ1n) is 19.0. The predicted molar refractivity (Wildman–Crippen MR) is 197 cm³/mol. The van der Waals surface area contributed by atoms with Gasteiger partial charge in [-0.1, -0.05) is 171 Å². The Labute approximate surface area is 279 Å². The van der Waals surface area contributed by atoms with Gasteiger partial charge in [0.2, 0.25) is 5.91 Å². The quantitative estimate of drug-likeness (QED) is 0.0501. The number of aliphatic hydroxyl groups excluding tert-OH is 2. The highest BCUT2D eigenvalue weighted by atomic mass is 16.3. The van der Waals surface area contributed by atoms with Gasteiger partial charge in [0.1, 0.15) is 0 Å². The predicted octanol–water partition coefficient (Wildman–Crippen LogP) is 11.4. The third-order valence-electron chi connectivity index (χ3n) is 8.26. The summed E-state index contributed by atoms with van der Waals surface area (Å²) < 4.78 is 0. The van der Waals surface area contributed by atoms with Crippen LogP contribution >= 0.6 is 0 Å². The topological polar surface area (TPSA) is 69.6 Å². The van der Waals surface area contributed by atoms with Crippen molar-refractivity contribution in [2.45, 2.75) is 187 Å². The van der Waals surface area contributed by atoms with Crippen LogP contribution in [0.15, 0.2) is 60.8 Å². The van der Waals surface area contributed by atoms with E-state index >= 15 is 0 Å². The van der Waals surface area contributed by atoms with E-state index in [2.05, 4.69) is 67.8 Å². The molecule has 4 heteroatoms. The zero-order valence-electron chi connectivity index (χ0n) is 29.6. The molecule has 3 N–H and O–H groups in total. The lowest BCUT2D eigenvalue weighted by atomic mass is 10.0. The standard InChI is InChI=1S/C41H73NO3/c1-3-5-7-9-11-13-15-17-19-21-23-25-27-29-31-33-35-37-41(45)42-39(38-43)40(44)36-34-32-30-28-26-24-22-20-18-16-14-12-10-8-6-4-2/h5,7,11,13,17,19,23,25,34,36,39-40,43-44H,3-4,6,8-10,12,14-16,18,20-22,24,26-33,35,37-38H2,1-2H3,(H,42,45)/b7-5-,13-11-,19-17-,25-23-,36-34+. The fraction of sp³-hybridized carbons (Fsp3) is 0.732. The summed E-state index contributed by atoms with van der Waals surface area (Å²) in [7, 11) is 0. The first-order valence-corrected chi connectivity index (χ1v) is 19.0. The Bertz CT molecular complexity index is 767. The Hall–Kier alpha value is -1.91. The molecule has 2 atom stereocenters. The van der Waals surface area contributed by atoms with E-state index in [1.807, 2.05) is 6.08 Å². The minimum absolute atomic E-state index is 0.0903. The molecule has 4 nitrogen and oxygen atoms in total. The third-order valence-corrected chi connectivity index (χ3v) is 8.26. The summed E-state index contributed by atoms with van der Waals surface area (Å²) >= 11 is 0. The molecule has 0 aliphatic heterocycles. The molecule has 0 rings (SSSR count). The van der Waals surface area contributed by atoms with Crippen molar-refractivity contribution in [1.29, 1.82) is 0 Å². The lowest BCUT2D eigenvalue weighted by Crippen LogP contribution is -2.45. The Balaban J connectivity index is 3.69. The molecule has 0 aromatic heterocycles. The summed E-state index contributed by atoms with van der Waals surface area (Å²) in [6.07, 6.45) is 50.2. The molecule has 0 spiro atoms. The second-order valence-electron chi connectivity index (χ2n) is 12.6. The van der Waals surface area contributed by atoms with Gasteiger partial charge >= 0.3 is 0 Å². The van der Waals surface area contributed by atoms with Gasteiger partial charge < -0.3 is 15.5 Å². The van der Waals surface area contributed by atoms with Gasteiger partial charge in [0.05, 0.1) is 18.8 Å². The number of unbranched alkanes of at least 4 members (excludes halogenated alkanes) is 18. The van der Waals surface area contributed by atoms with Crippen LogP contribution in [0.1, 0.15) is 174 Å². The van der Waals surface area contributed by atoms with Crippen LogP contribution in [-0.2, 0) is 4.79 Å². The Morgan fingerprint density at radius 1 is 0.556 bits per heavy atom. The van der Waals surface area contributed by atoms with Crippen molar-refractivity contribution < 1.29 is 15.0 Å². The Morgan fingerprint density at radius 3 is 1.47 bits per heavy atom. The molecule has 1 amide bonds. The average Bonchev–Trinajstić information content (AvgIpc) is 3.04. The van der Waals surface area contributed by atoms with Crippen LogP contribution in [0.25, 0.3) is 0 Å². The van der Waals surface area contributed by atoms with Gasteiger partial charge in [-0.25, -0.2) is 0 Å². The van der Waals surface area contributed by atoms with E-state index < -0.39 is 12.1 Å². The van der Waals surface area contributed by atoms with E-state index in [4.69, 9.17) is 0 Å². The minimum Gasteiger partial charge on any atom is -0.394 e. The molecule has 260 valence electrons. The third kappa shape index (κ3) is 33.3.